The van der Waals surface area contributed by atoms with Gasteiger partial charge in [0, 0.05) is 40.3 Å². The van der Waals surface area contributed by atoms with Crippen molar-refractivity contribution in [3.63, 3.8) is 0 Å². The van der Waals surface area contributed by atoms with Crippen LogP contribution in [0.3, 0.4) is 0 Å². The Balaban J connectivity index is 2.35. The van der Waals surface area contributed by atoms with E-state index in [1.165, 1.54) is 0 Å². The van der Waals surface area contributed by atoms with Gasteiger partial charge in [-0.3, -0.25) is 4.90 Å². The molecule has 1 rings (SSSR count). The van der Waals surface area contributed by atoms with Crippen molar-refractivity contribution in [3.8, 4) is 12.3 Å². The van der Waals surface area contributed by atoms with Crippen LogP contribution in [0.2, 0.25) is 0 Å². The summed E-state index contributed by atoms with van der Waals surface area (Å²) in [6, 6.07) is 0. The standard InChI is InChI=1S/C10H17NO2/c1-4-5-6-11-7-9(12-2)10(8-11)13-3/h1,9-10H,5-8H2,2-3H3. The third-order valence-corrected chi connectivity index (χ3v) is 2.47. The van der Waals surface area contributed by atoms with Crippen LogP contribution in [-0.4, -0.2) is 51.0 Å². The van der Waals surface area contributed by atoms with E-state index in [0.29, 0.717) is 0 Å². The Bertz CT molecular complexity index is 176. The van der Waals surface area contributed by atoms with Gasteiger partial charge in [-0.2, -0.15) is 0 Å². The van der Waals surface area contributed by atoms with E-state index in [2.05, 4.69) is 10.8 Å². The van der Waals surface area contributed by atoms with Gasteiger partial charge in [0.25, 0.3) is 0 Å². The van der Waals surface area contributed by atoms with Gasteiger partial charge in [0.1, 0.15) is 0 Å². The number of terminal acetylenes is 1. The summed E-state index contributed by atoms with van der Waals surface area (Å²) >= 11 is 0. The molecule has 0 N–H and O–H groups in total. The first kappa shape index (κ1) is 10.5. The fourth-order valence-corrected chi connectivity index (χ4v) is 1.68. The molecule has 0 aromatic heterocycles. The minimum atomic E-state index is 0.197. The van der Waals surface area contributed by atoms with E-state index in [0.717, 1.165) is 26.1 Å². The van der Waals surface area contributed by atoms with Crippen molar-refractivity contribution in [2.24, 2.45) is 0 Å². The predicted molar refractivity (Wildman–Crippen MR) is 51.5 cm³/mol. The molecule has 13 heavy (non-hydrogen) atoms. The van der Waals surface area contributed by atoms with Crippen molar-refractivity contribution in [3.05, 3.63) is 0 Å². The number of hydrogen-bond acceptors (Lipinski definition) is 3. The number of nitrogens with zero attached hydrogens (tertiary/aromatic N) is 1. The Morgan fingerprint density at radius 2 is 1.85 bits per heavy atom. The highest BCUT2D eigenvalue weighted by Gasteiger charge is 2.32. The van der Waals surface area contributed by atoms with E-state index < -0.39 is 0 Å². The maximum Gasteiger partial charge on any atom is 0.0971 e. The minimum absolute atomic E-state index is 0.197. The fraction of sp³-hybridized carbons (Fsp3) is 0.800. The molecule has 1 saturated heterocycles. The van der Waals surface area contributed by atoms with Crippen molar-refractivity contribution in [2.45, 2.75) is 18.6 Å². The predicted octanol–water partition coefficient (Wildman–Crippen LogP) is 0.355. The molecule has 0 bridgehead atoms. The van der Waals surface area contributed by atoms with Crippen molar-refractivity contribution >= 4 is 0 Å². The number of likely N-dealkylation sites (tertiary alicyclic amines) is 1. The van der Waals surface area contributed by atoms with Crippen LogP contribution < -0.4 is 0 Å². The average molecular weight is 183 g/mol. The summed E-state index contributed by atoms with van der Waals surface area (Å²) in [5, 5.41) is 0. The zero-order valence-corrected chi connectivity index (χ0v) is 8.32. The Labute approximate surface area is 80.0 Å². The van der Waals surface area contributed by atoms with E-state index in [9.17, 15) is 0 Å². The van der Waals surface area contributed by atoms with Gasteiger partial charge in [-0.05, 0) is 0 Å². The maximum atomic E-state index is 5.31. The van der Waals surface area contributed by atoms with Crippen molar-refractivity contribution in [2.75, 3.05) is 33.9 Å². The molecule has 0 aliphatic carbocycles. The second-order valence-corrected chi connectivity index (χ2v) is 3.26. The van der Waals surface area contributed by atoms with E-state index in [1.807, 2.05) is 0 Å². The normalized spacial score (nSPS) is 29.0. The summed E-state index contributed by atoms with van der Waals surface area (Å²) in [7, 11) is 3.45. The molecule has 0 aromatic carbocycles. The van der Waals surface area contributed by atoms with Gasteiger partial charge in [0.05, 0.1) is 12.2 Å². The zero-order valence-electron chi connectivity index (χ0n) is 8.32. The lowest BCUT2D eigenvalue weighted by Crippen LogP contribution is -2.27. The molecule has 2 unspecified atom stereocenters. The molecule has 1 fully saturated rings. The molecule has 3 heteroatoms. The van der Waals surface area contributed by atoms with E-state index >= 15 is 0 Å². The highest BCUT2D eigenvalue weighted by atomic mass is 16.5. The van der Waals surface area contributed by atoms with Crippen LogP contribution in [-0.2, 0) is 9.47 Å². The molecule has 0 radical (unpaired) electrons. The average Bonchev–Trinajstić information content (AvgIpc) is 2.57. The summed E-state index contributed by atoms with van der Waals surface area (Å²) in [5.41, 5.74) is 0. The highest BCUT2D eigenvalue weighted by Crippen LogP contribution is 2.15. The number of methoxy groups -OCH3 is 2. The topological polar surface area (TPSA) is 21.7 Å². The van der Waals surface area contributed by atoms with Gasteiger partial charge in [0.2, 0.25) is 0 Å². The van der Waals surface area contributed by atoms with Crippen LogP contribution in [0.5, 0.6) is 0 Å². The Morgan fingerprint density at radius 3 is 2.23 bits per heavy atom. The molecule has 1 heterocycles. The number of rotatable bonds is 4. The largest absolute Gasteiger partial charge is 0.377 e. The minimum Gasteiger partial charge on any atom is -0.377 e. The summed E-state index contributed by atoms with van der Waals surface area (Å²) < 4.78 is 10.6. The molecule has 1 aliphatic rings. The fourth-order valence-electron chi connectivity index (χ4n) is 1.68. The van der Waals surface area contributed by atoms with Gasteiger partial charge in [0.15, 0.2) is 0 Å². The third kappa shape index (κ3) is 2.70. The lowest BCUT2D eigenvalue weighted by molar-refractivity contribution is -0.00461. The molecule has 2 atom stereocenters. The first-order chi connectivity index (χ1) is 6.31. The summed E-state index contributed by atoms with van der Waals surface area (Å²) in [5.74, 6) is 2.64. The first-order valence-electron chi connectivity index (χ1n) is 4.53. The van der Waals surface area contributed by atoms with Crippen LogP contribution in [0.25, 0.3) is 0 Å². The van der Waals surface area contributed by atoms with E-state index in [1.54, 1.807) is 14.2 Å². The van der Waals surface area contributed by atoms with E-state index in [-0.39, 0.29) is 12.2 Å². The molecule has 3 nitrogen and oxygen atoms in total. The van der Waals surface area contributed by atoms with Gasteiger partial charge in [-0.15, -0.1) is 12.3 Å². The van der Waals surface area contributed by atoms with Gasteiger partial charge >= 0.3 is 0 Å². The molecule has 1 aliphatic heterocycles. The van der Waals surface area contributed by atoms with Gasteiger partial charge in [-0.1, -0.05) is 0 Å². The maximum absolute atomic E-state index is 5.31. The Hall–Kier alpha value is -0.560. The first-order valence-corrected chi connectivity index (χ1v) is 4.53. The molecular weight excluding hydrogens is 166 g/mol. The molecule has 0 aromatic rings. The Kier molecular flexibility index (Phi) is 4.23. The smallest absolute Gasteiger partial charge is 0.0971 e. The monoisotopic (exact) mass is 183 g/mol. The molecule has 74 valence electrons. The summed E-state index contributed by atoms with van der Waals surface area (Å²) in [6.07, 6.45) is 6.39. The molecule has 0 amide bonds. The Morgan fingerprint density at radius 1 is 1.31 bits per heavy atom. The third-order valence-electron chi connectivity index (χ3n) is 2.47. The molecule has 0 saturated carbocycles. The summed E-state index contributed by atoms with van der Waals surface area (Å²) in [6.45, 7) is 2.80. The second kappa shape index (κ2) is 5.23. The highest BCUT2D eigenvalue weighted by molar-refractivity contribution is 4.90. The SMILES string of the molecule is C#CCCN1CC(OC)C(OC)C1. The van der Waals surface area contributed by atoms with E-state index in [4.69, 9.17) is 15.9 Å². The van der Waals surface area contributed by atoms with Gasteiger partial charge < -0.3 is 9.47 Å². The molecular formula is C10H17NO2. The second-order valence-electron chi connectivity index (χ2n) is 3.26. The summed E-state index contributed by atoms with van der Waals surface area (Å²) in [4.78, 5) is 2.28. The number of ether oxygens (including phenoxy) is 2. The molecule has 0 spiro atoms. The van der Waals surface area contributed by atoms with Crippen LogP contribution in [0, 0.1) is 12.3 Å². The lowest BCUT2D eigenvalue weighted by atomic mass is 10.3. The van der Waals surface area contributed by atoms with Gasteiger partial charge in [-0.25, -0.2) is 0 Å². The van der Waals surface area contributed by atoms with Crippen LogP contribution >= 0.6 is 0 Å². The van der Waals surface area contributed by atoms with Crippen LogP contribution in [0.15, 0.2) is 0 Å². The van der Waals surface area contributed by atoms with Crippen molar-refractivity contribution < 1.29 is 9.47 Å². The van der Waals surface area contributed by atoms with Crippen molar-refractivity contribution in [1.29, 1.82) is 0 Å². The zero-order chi connectivity index (χ0) is 9.68. The lowest BCUT2D eigenvalue weighted by Gasteiger charge is -2.13. The van der Waals surface area contributed by atoms with Crippen LogP contribution in [0.1, 0.15) is 6.42 Å². The number of hydrogen-bond donors (Lipinski definition) is 0. The van der Waals surface area contributed by atoms with Crippen molar-refractivity contribution in [1.82, 2.24) is 4.90 Å². The quantitative estimate of drug-likeness (QED) is 0.587. The van der Waals surface area contributed by atoms with Crippen LogP contribution in [0.4, 0.5) is 0 Å².